The first-order valence-corrected chi connectivity index (χ1v) is 6.82. The molecule has 0 heterocycles. The molecule has 1 saturated carbocycles. The number of carbonyl (C=O) groups is 1. The lowest BCUT2D eigenvalue weighted by Gasteiger charge is -2.16. The minimum Gasteiger partial charge on any atom is -0.356 e. The second-order valence-electron chi connectivity index (χ2n) is 6.63. The zero-order valence-electron chi connectivity index (χ0n) is 11.8. The number of hydrogen-bond acceptors (Lipinski definition) is 2. The van der Waals surface area contributed by atoms with Crippen molar-refractivity contribution in [2.75, 3.05) is 13.1 Å². The average Bonchev–Trinajstić information content (AvgIpc) is 2.82. The van der Waals surface area contributed by atoms with E-state index in [0.29, 0.717) is 36.1 Å². The highest BCUT2D eigenvalue weighted by Gasteiger charge is 2.45. The van der Waals surface area contributed by atoms with Gasteiger partial charge in [0, 0.05) is 13.0 Å². The summed E-state index contributed by atoms with van der Waals surface area (Å²) in [7, 11) is 0. The molecule has 0 aromatic heterocycles. The summed E-state index contributed by atoms with van der Waals surface area (Å²) in [6, 6.07) is 0. The molecule has 1 fully saturated rings. The molecule has 0 spiro atoms. The molecule has 2 atom stereocenters. The van der Waals surface area contributed by atoms with Crippen LogP contribution in [-0.2, 0) is 4.79 Å². The van der Waals surface area contributed by atoms with Crippen LogP contribution >= 0.6 is 0 Å². The Bertz CT molecular complexity index is 261. The van der Waals surface area contributed by atoms with E-state index in [4.69, 9.17) is 5.73 Å². The summed E-state index contributed by atoms with van der Waals surface area (Å²) in [5.41, 5.74) is 6.14. The van der Waals surface area contributed by atoms with Gasteiger partial charge >= 0.3 is 0 Å². The zero-order valence-corrected chi connectivity index (χ0v) is 11.8. The van der Waals surface area contributed by atoms with Crippen LogP contribution in [0.25, 0.3) is 0 Å². The van der Waals surface area contributed by atoms with Crippen LogP contribution in [0, 0.1) is 23.2 Å². The number of nitrogens with one attached hydrogen (secondary N) is 1. The minimum atomic E-state index is 0.170. The van der Waals surface area contributed by atoms with Gasteiger partial charge < -0.3 is 11.1 Å². The third-order valence-electron chi connectivity index (χ3n) is 3.88. The summed E-state index contributed by atoms with van der Waals surface area (Å²) in [5, 5.41) is 3.04. The van der Waals surface area contributed by atoms with Crippen molar-refractivity contribution >= 4 is 5.91 Å². The number of carbonyl (C=O) groups excluding carboxylic acids is 1. The maximum atomic E-state index is 11.8. The first kappa shape index (κ1) is 14.5. The zero-order chi connectivity index (χ0) is 13.1. The molecule has 0 aliphatic heterocycles. The fourth-order valence-corrected chi connectivity index (χ4v) is 2.43. The molecule has 1 aliphatic rings. The molecular formula is C14H28N2O. The summed E-state index contributed by atoms with van der Waals surface area (Å²) in [6.07, 6.45) is 2.86. The Balaban J connectivity index is 2.19. The summed E-state index contributed by atoms with van der Waals surface area (Å²) >= 11 is 0. The number of hydrogen-bond donors (Lipinski definition) is 2. The molecule has 100 valence electrons. The van der Waals surface area contributed by atoms with Crippen molar-refractivity contribution in [2.24, 2.45) is 28.9 Å². The lowest BCUT2D eigenvalue weighted by molar-refractivity contribution is -0.122. The Labute approximate surface area is 106 Å². The van der Waals surface area contributed by atoms with Crippen LogP contribution in [0.3, 0.4) is 0 Å². The molecule has 3 nitrogen and oxygen atoms in total. The summed E-state index contributed by atoms with van der Waals surface area (Å²) in [4.78, 5) is 11.8. The Morgan fingerprint density at radius 2 is 2.06 bits per heavy atom. The maximum absolute atomic E-state index is 11.8. The van der Waals surface area contributed by atoms with Crippen molar-refractivity contribution in [3.8, 4) is 0 Å². The number of amides is 1. The van der Waals surface area contributed by atoms with Gasteiger partial charge in [-0.15, -0.1) is 0 Å². The maximum Gasteiger partial charge on any atom is 0.220 e. The molecule has 1 aliphatic carbocycles. The summed E-state index contributed by atoms with van der Waals surface area (Å²) < 4.78 is 0. The van der Waals surface area contributed by atoms with Crippen molar-refractivity contribution in [3.05, 3.63) is 0 Å². The molecule has 0 radical (unpaired) electrons. The third-order valence-corrected chi connectivity index (χ3v) is 3.88. The predicted molar refractivity (Wildman–Crippen MR) is 71.5 cm³/mol. The molecule has 1 rings (SSSR count). The first-order valence-electron chi connectivity index (χ1n) is 6.82. The van der Waals surface area contributed by atoms with Gasteiger partial charge in [-0.05, 0) is 42.6 Å². The van der Waals surface area contributed by atoms with Crippen LogP contribution in [0.5, 0.6) is 0 Å². The van der Waals surface area contributed by atoms with Crippen molar-refractivity contribution in [3.63, 3.8) is 0 Å². The average molecular weight is 240 g/mol. The number of rotatable bonds is 7. The largest absolute Gasteiger partial charge is 0.356 e. The number of nitrogens with two attached hydrogens (primary N) is 1. The Morgan fingerprint density at radius 3 is 2.47 bits per heavy atom. The van der Waals surface area contributed by atoms with E-state index in [1.165, 1.54) is 6.42 Å². The fraction of sp³-hybridized carbons (Fsp3) is 0.929. The van der Waals surface area contributed by atoms with Gasteiger partial charge in [-0.3, -0.25) is 4.79 Å². The van der Waals surface area contributed by atoms with Crippen LogP contribution in [0.2, 0.25) is 0 Å². The molecule has 17 heavy (non-hydrogen) atoms. The van der Waals surface area contributed by atoms with E-state index in [1.54, 1.807) is 0 Å². The topological polar surface area (TPSA) is 55.1 Å². The Kier molecular flexibility index (Phi) is 4.99. The lowest BCUT2D eigenvalue weighted by Crippen LogP contribution is -2.30. The quantitative estimate of drug-likeness (QED) is 0.716. The molecule has 1 amide bonds. The highest BCUT2D eigenvalue weighted by Crippen LogP contribution is 2.50. The van der Waals surface area contributed by atoms with Gasteiger partial charge in [0.1, 0.15) is 0 Å². The fourth-order valence-electron chi connectivity index (χ4n) is 2.43. The Hall–Kier alpha value is -0.570. The smallest absolute Gasteiger partial charge is 0.220 e. The first-order chi connectivity index (χ1) is 7.85. The predicted octanol–water partition coefficient (Wildman–Crippen LogP) is 2.16. The molecular weight excluding hydrogens is 212 g/mol. The standard InChI is InChI=1S/C14H28N2O/c1-10(2)5-11(8-15)6-13(17)16-9-12-7-14(12,3)4/h10-12H,5-9,15H2,1-4H3,(H,16,17). The van der Waals surface area contributed by atoms with Gasteiger partial charge in [0.05, 0.1) is 0 Å². The molecule has 0 aromatic carbocycles. The highest BCUT2D eigenvalue weighted by atomic mass is 16.1. The second kappa shape index (κ2) is 5.85. The lowest BCUT2D eigenvalue weighted by atomic mass is 9.94. The van der Waals surface area contributed by atoms with E-state index in [9.17, 15) is 4.79 Å². The molecule has 0 aromatic rings. The van der Waals surface area contributed by atoms with Crippen molar-refractivity contribution in [1.82, 2.24) is 5.32 Å². The van der Waals surface area contributed by atoms with Crippen LogP contribution in [-0.4, -0.2) is 19.0 Å². The Morgan fingerprint density at radius 1 is 1.47 bits per heavy atom. The van der Waals surface area contributed by atoms with E-state index >= 15 is 0 Å². The monoisotopic (exact) mass is 240 g/mol. The van der Waals surface area contributed by atoms with E-state index in [2.05, 4.69) is 33.0 Å². The van der Waals surface area contributed by atoms with E-state index < -0.39 is 0 Å². The van der Waals surface area contributed by atoms with Crippen molar-refractivity contribution in [1.29, 1.82) is 0 Å². The van der Waals surface area contributed by atoms with Crippen LogP contribution < -0.4 is 11.1 Å². The van der Waals surface area contributed by atoms with Gasteiger partial charge in [-0.2, -0.15) is 0 Å². The van der Waals surface area contributed by atoms with Crippen LogP contribution in [0.15, 0.2) is 0 Å². The summed E-state index contributed by atoms with van der Waals surface area (Å²) in [6.45, 7) is 10.3. The van der Waals surface area contributed by atoms with Crippen LogP contribution in [0.1, 0.15) is 47.0 Å². The molecule has 3 N–H and O–H groups in total. The van der Waals surface area contributed by atoms with Gasteiger partial charge in [0.25, 0.3) is 0 Å². The molecule has 3 heteroatoms. The molecule has 0 saturated heterocycles. The van der Waals surface area contributed by atoms with Crippen LogP contribution in [0.4, 0.5) is 0 Å². The van der Waals surface area contributed by atoms with Crippen molar-refractivity contribution < 1.29 is 4.79 Å². The highest BCUT2D eigenvalue weighted by molar-refractivity contribution is 5.76. The molecule has 0 bridgehead atoms. The normalized spacial score (nSPS) is 23.5. The summed E-state index contributed by atoms with van der Waals surface area (Å²) in [5.74, 6) is 1.79. The van der Waals surface area contributed by atoms with Gasteiger partial charge in [0.15, 0.2) is 0 Å². The molecule has 2 unspecified atom stereocenters. The van der Waals surface area contributed by atoms with E-state index in [-0.39, 0.29) is 5.91 Å². The third kappa shape index (κ3) is 5.07. The minimum absolute atomic E-state index is 0.170. The van der Waals surface area contributed by atoms with Gasteiger partial charge in [0.2, 0.25) is 5.91 Å². The van der Waals surface area contributed by atoms with E-state index in [1.807, 2.05) is 0 Å². The second-order valence-corrected chi connectivity index (χ2v) is 6.63. The SMILES string of the molecule is CC(C)CC(CN)CC(=O)NCC1CC1(C)C. The van der Waals surface area contributed by atoms with E-state index in [0.717, 1.165) is 13.0 Å². The van der Waals surface area contributed by atoms with Gasteiger partial charge in [-0.1, -0.05) is 27.7 Å². The van der Waals surface area contributed by atoms with Gasteiger partial charge in [-0.25, -0.2) is 0 Å². The van der Waals surface area contributed by atoms with Crippen molar-refractivity contribution in [2.45, 2.75) is 47.0 Å².